The molecule has 0 bridgehead atoms. The van der Waals surface area contributed by atoms with E-state index in [-0.39, 0.29) is 24.8 Å². The molecule has 0 heterocycles. The van der Waals surface area contributed by atoms with Crippen molar-refractivity contribution in [2.45, 2.75) is 26.2 Å². The van der Waals surface area contributed by atoms with Gasteiger partial charge in [-0.05, 0) is 41.3 Å². The molecule has 0 saturated heterocycles. The van der Waals surface area contributed by atoms with Crippen LogP contribution in [0, 0.1) is 0 Å². The first-order valence-corrected chi connectivity index (χ1v) is 8.23. The van der Waals surface area contributed by atoms with E-state index in [1.165, 1.54) is 5.56 Å². The highest BCUT2D eigenvalue weighted by molar-refractivity contribution is 6.30. The fourth-order valence-corrected chi connectivity index (χ4v) is 2.31. The molecule has 0 fully saturated rings. The first kappa shape index (κ1) is 18.0. The van der Waals surface area contributed by atoms with Crippen molar-refractivity contribution in [2.75, 3.05) is 11.9 Å². The van der Waals surface area contributed by atoms with Gasteiger partial charge in [-0.1, -0.05) is 49.7 Å². The second kappa shape index (κ2) is 8.50. The molecule has 24 heavy (non-hydrogen) atoms. The van der Waals surface area contributed by atoms with Gasteiger partial charge in [-0.15, -0.1) is 0 Å². The Hall–Kier alpha value is -2.33. The second-order valence-corrected chi connectivity index (χ2v) is 6.34. The highest BCUT2D eigenvalue weighted by Gasteiger charge is 2.07. The van der Waals surface area contributed by atoms with Crippen LogP contribution in [0.5, 0.6) is 0 Å². The Morgan fingerprint density at radius 3 is 2.17 bits per heavy atom. The SMILES string of the molecule is CC(C)c1ccc(NC(=O)CNC(=O)Cc2ccc(Cl)cc2)cc1. The molecule has 0 saturated carbocycles. The van der Waals surface area contributed by atoms with Crippen molar-refractivity contribution in [3.8, 4) is 0 Å². The zero-order valence-corrected chi connectivity index (χ0v) is 14.6. The number of carbonyl (C=O) groups is 2. The monoisotopic (exact) mass is 344 g/mol. The summed E-state index contributed by atoms with van der Waals surface area (Å²) in [5.41, 5.74) is 2.78. The summed E-state index contributed by atoms with van der Waals surface area (Å²) in [6, 6.07) is 14.7. The van der Waals surface area contributed by atoms with Gasteiger partial charge in [0.25, 0.3) is 0 Å². The predicted octanol–water partition coefficient (Wildman–Crippen LogP) is 3.76. The summed E-state index contributed by atoms with van der Waals surface area (Å²) >= 11 is 5.80. The lowest BCUT2D eigenvalue weighted by Gasteiger charge is -2.09. The summed E-state index contributed by atoms with van der Waals surface area (Å²) in [6.07, 6.45) is 0.216. The van der Waals surface area contributed by atoms with Crippen LogP contribution < -0.4 is 10.6 Å². The standard InChI is InChI=1S/C19H21ClN2O2/c1-13(2)15-5-9-17(10-6-15)22-19(24)12-21-18(23)11-14-3-7-16(20)8-4-14/h3-10,13H,11-12H2,1-2H3,(H,21,23)(H,22,24). The van der Waals surface area contributed by atoms with Crippen LogP contribution in [0.2, 0.25) is 5.02 Å². The molecular weight excluding hydrogens is 324 g/mol. The summed E-state index contributed by atoms with van der Waals surface area (Å²) in [4.78, 5) is 23.7. The fourth-order valence-electron chi connectivity index (χ4n) is 2.19. The molecule has 2 amide bonds. The molecule has 0 radical (unpaired) electrons. The maximum atomic E-state index is 11.9. The summed E-state index contributed by atoms with van der Waals surface area (Å²) < 4.78 is 0. The lowest BCUT2D eigenvalue weighted by molar-refractivity contribution is -0.123. The summed E-state index contributed by atoms with van der Waals surface area (Å²) in [5.74, 6) is -0.0127. The minimum Gasteiger partial charge on any atom is -0.347 e. The van der Waals surface area contributed by atoms with Crippen molar-refractivity contribution in [3.05, 3.63) is 64.7 Å². The van der Waals surface area contributed by atoms with Crippen molar-refractivity contribution in [1.29, 1.82) is 0 Å². The Morgan fingerprint density at radius 1 is 0.958 bits per heavy atom. The third kappa shape index (κ3) is 5.70. The molecular formula is C19H21ClN2O2. The van der Waals surface area contributed by atoms with Gasteiger partial charge in [-0.3, -0.25) is 9.59 Å². The quantitative estimate of drug-likeness (QED) is 0.838. The number of nitrogens with one attached hydrogen (secondary N) is 2. The van der Waals surface area contributed by atoms with Gasteiger partial charge < -0.3 is 10.6 Å². The van der Waals surface area contributed by atoms with Gasteiger partial charge in [0.2, 0.25) is 11.8 Å². The van der Waals surface area contributed by atoms with Gasteiger partial charge in [0.1, 0.15) is 0 Å². The largest absolute Gasteiger partial charge is 0.347 e. The van der Waals surface area contributed by atoms with Gasteiger partial charge in [0, 0.05) is 10.7 Å². The zero-order chi connectivity index (χ0) is 17.5. The zero-order valence-electron chi connectivity index (χ0n) is 13.8. The lowest BCUT2D eigenvalue weighted by atomic mass is 10.0. The Balaban J connectivity index is 1.77. The Kier molecular flexibility index (Phi) is 6.38. The molecule has 2 rings (SSSR count). The van der Waals surface area contributed by atoms with Crippen LogP contribution in [-0.2, 0) is 16.0 Å². The van der Waals surface area contributed by atoms with E-state index < -0.39 is 0 Å². The van der Waals surface area contributed by atoms with Crippen LogP contribution in [0.15, 0.2) is 48.5 Å². The second-order valence-electron chi connectivity index (χ2n) is 5.90. The molecule has 0 unspecified atom stereocenters. The fraction of sp³-hybridized carbons (Fsp3) is 0.263. The van der Waals surface area contributed by atoms with Gasteiger partial charge in [-0.25, -0.2) is 0 Å². The van der Waals surface area contributed by atoms with Crippen LogP contribution >= 0.6 is 11.6 Å². The van der Waals surface area contributed by atoms with Gasteiger partial charge in [0.05, 0.1) is 13.0 Å². The Bertz CT molecular complexity index is 694. The van der Waals surface area contributed by atoms with E-state index in [0.717, 1.165) is 11.3 Å². The van der Waals surface area contributed by atoms with Crippen molar-refractivity contribution in [2.24, 2.45) is 0 Å². The number of benzene rings is 2. The smallest absolute Gasteiger partial charge is 0.243 e. The third-order valence-electron chi connectivity index (χ3n) is 3.59. The molecule has 0 aromatic heterocycles. The van der Waals surface area contributed by atoms with Crippen LogP contribution in [-0.4, -0.2) is 18.4 Å². The van der Waals surface area contributed by atoms with Gasteiger partial charge in [-0.2, -0.15) is 0 Å². The first-order valence-electron chi connectivity index (χ1n) is 7.85. The highest BCUT2D eigenvalue weighted by Crippen LogP contribution is 2.17. The minimum atomic E-state index is -0.253. The highest BCUT2D eigenvalue weighted by atomic mass is 35.5. The molecule has 0 atom stereocenters. The van der Waals surface area contributed by atoms with E-state index in [0.29, 0.717) is 10.9 Å². The average molecular weight is 345 g/mol. The normalized spacial score (nSPS) is 10.5. The van der Waals surface area contributed by atoms with Crippen LogP contribution in [0.25, 0.3) is 0 Å². The number of rotatable bonds is 6. The molecule has 0 aliphatic heterocycles. The number of hydrogen-bond donors (Lipinski definition) is 2. The molecule has 0 aliphatic rings. The van der Waals surface area contributed by atoms with Crippen molar-refractivity contribution < 1.29 is 9.59 Å². The summed E-state index contributed by atoms with van der Waals surface area (Å²) in [7, 11) is 0. The Morgan fingerprint density at radius 2 is 1.58 bits per heavy atom. The molecule has 0 aliphatic carbocycles. The van der Waals surface area contributed by atoms with Crippen molar-refractivity contribution >= 4 is 29.1 Å². The molecule has 0 spiro atoms. The molecule has 2 aromatic carbocycles. The van der Waals surface area contributed by atoms with E-state index in [2.05, 4.69) is 24.5 Å². The maximum Gasteiger partial charge on any atom is 0.243 e. The summed E-state index contributed by atoms with van der Waals surface area (Å²) in [6.45, 7) is 4.17. The third-order valence-corrected chi connectivity index (χ3v) is 3.84. The number of carbonyl (C=O) groups excluding carboxylic acids is 2. The van der Waals surface area contributed by atoms with Crippen LogP contribution in [0.1, 0.15) is 30.9 Å². The molecule has 5 heteroatoms. The van der Waals surface area contributed by atoms with Gasteiger partial charge >= 0.3 is 0 Å². The van der Waals surface area contributed by atoms with Crippen molar-refractivity contribution in [1.82, 2.24) is 5.32 Å². The number of amides is 2. The van der Waals surface area contributed by atoms with E-state index >= 15 is 0 Å². The number of anilines is 1. The molecule has 4 nitrogen and oxygen atoms in total. The molecule has 2 aromatic rings. The van der Waals surface area contributed by atoms with Crippen LogP contribution in [0.4, 0.5) is 5.69 Å². The Labute approximate surface area is 147 Å². The molecule has 2 N–H and O–H groups in total. The van der Waals surface area contributed by atoms with Crippen LogP contribution in [0.3, 0.4) is 0 Å². The van der Waals surface area contributed by atoms with E-state index in [9.17, 15) is 9.59 Å². The number of halogens is 1. The minimum absolute atomic E-state index is 0.0572. The van der Waals surface area contributed by atoms with Crippen molar-refractivity contribution in [3.63, 3.8) is 0 Å². The maximum absolute atomic E-state index is 11.9. The van der Waals surface area contributed by atoms with E-state index in [1.807, 2.05) is 24.3 Å². The first-order chi connectivity index (χ1) is 11.4. The predicted molar refractivity (Wildman–Crippen MR) is 97.3 cm³/mol. The average Bonchev–Trinajstić information content (AvgIpc) is 2.55. The van der Waals surface area contributed by atoms with Gasteiger partial charge in [0.15, 0.2) is 0 Å². The summed E-state index contributed by atoms with van der Waals surface area (Å²) in [5, 5.41) is 6.00. The number of hydrogen-bond acceptors (Lipinski definition) is 2. The van der Waals surface area contributed by atoms with E-state index in [4.69, 9.17) is 11.6 Å². The topological polar surface area (TPSA) is 58.2 Å². The lowest BCUT2D eigenvalue weighted by Crippen LogP contribution is -2.33. The molecule has 126 valence electrons. The van der Waals surface area contributed by atoms with E-state index in [1.54, 1.807) is 24.3 Å².